The predicted octanol–water partition coefficient (Wildman–Crippen LogP) is 3.59. The van der Waals surface area contributed by atoms with E-state index in [1.54, 1.807) is 32.1 Å². The molecule has 0 aromatic rings. The monoisotopic (exact) mass is 294 g/mol. The van der Waals surface area contributed by atoms with E-state index in [4.69, 9.17) is 4.74 Å². The van der Waals surface area contributed by atoms with E-state index in [2.05, 4.69) is 6.92 Å². The van der Waals surface area contributed by atoms with Gasteiger partial charge in [-0.15, -0.1) is 0 Å². The summed E-state index contributed by atoms with van der Waals surface area (Å²) in [5.41, 5.74) is 1.75. The molecule has 8 fully saturated rings. The van der Waals surface area contributed by atoms with Crippen molar-refractivity contribution in [3.05, 3.63) is 0 Å². The van der Waals surface area contributed by atoms with Gasteiger partial charge in [-0.1, -0.05) is 13.3 Å². The summed E-state index contributed by atoms with van der Waals surface area (Å²) in [5.74, 6) is 12.4. The molecule has 7 saturated carbocycles. The van der Waals surface area contributed by atoms with Crippen LogP contribution in [-0.2, 0) is 4.74 Å². The Kier molecular flexibility index (Phi) is 1.21. The molecule has 1 heteroatoms. The Morgan fingerprint density at radius 3 is 2.36 bits per heavy atom. The lowest BCUT2D eigenvalue weighted by Crippen LogP contribution is -2.79. The van der Waals surface area contributed by atoms with Crippen LogP contribution in [0.15, 0.2) is 0 Å². The molecule has 22 heavy (non-hydrogen) atoms. The third-order valence-electron chi connectivity index (χ3n) is 12.4. The van der Waals surface area contributed by atoms with Crippen molar-refractivity contribution < 1.29 is 4.74 Å². The summed E-state index contributed by atoms with van der Waals surface area (Å²) in [6, 6.07) is 0. The fraction of sp³-hybridized carbons (Fsp3) is 1.00. The average molecular weight is 294 g/mol. The van der Waals surface area contributed by atoms with Crippen molar-refractivity contribution in [2.45, 2.75) is 44.6 Å². The highest BCUT2D eigenvalue weighted by atomic mass is 16.5. The summed E-state index contributed by atoms with van der Waals surface area (Å²) in [7, 11) is 0. The Morgan fingerprint density at radius 1 is 0.773 bits per heavy atom. The van der Waals surface area contributed by atoms with Crippen LogP contribution in [0.25, 0.3) is 0 Å². The lowest BCUT2D eigenvalue weighted by atomic mass is 9.40. The zero-order valence-electron chi connectivity index (χ0n) is 13.5. The first-order valence-corrected chi connectivity index (χ1v) is 10.4. The summed E-state index contributed by atoms with van der Waals surface area (Å²) in [6.45, 7) is 3.99. The van der Waals surface area contributed by atoms with Crippen LogP contribution in [0.4, 0.5) is 0 Å². The number of hydrogen-bond donors (Lipinski definition) is 0. The lowest BCUT2D eigenvalue weighted by molar-refractivity contribution is -0.387. The molecule has 0 radical (unpaired) electrons. The first kappa shape index (κ1) is 10.7. The second-order valence-corrected chi connectivity index (χ2v) is 11.3. The topological polar surface area (TPSA) is 9.23 Å². The average Bonchev–Trinajstić information content (AvgIpc) is 3.18. The van der Waals surface area contributed by atoms with Gasteiger partial charge in [0.1, 0.15) is 0 Å². The van der Waals surface area contributed by atoms with Gasteiger partial charge >= 0.3 is 0 Å². The Bertz CT molecular complexity index is 683. The van der Waals surface area contributed by atoms with Crippen LogP contribution < -0.4 is 0 Å². The molecule has 8 rings (SSSR count). The van der Waals surface area contributed by atoms with E-state index in [-0.39, 0.29) is 0 Å². The van der Waals surface area contributed by atoms with Gasteiger partial charge in [0.2, 0.25) is 0 Å². The highest BCUT2D eigenvalue weighted by Crippen LogP contribution is 3.01. The molecule has 0 aromatic heterocycles. The summed E-state index contributed by atoms with van der Waals surface area (Å²) in [6.07, 6.45) is 7.89. The minimum atomic E-state index is 0.413. The van der Waals surface area contributed by atoms with Crippen LogP contribution in [0.1, 0.15) is 39.0 Å². The van der Waals surface area contributed by atoms with Crippen molar-refractivity contribution in [2.24, 2.45) is 75.9 Å². The van der Waals surface area contributed by atoms with Gasteiger partial charge in [-0.2, -0.15) is 0 Å². The molecule has 0 unspecified atom stereocenters. The first-order chi connectivity index (χ1) is 10.8. The number of hydrogen-bond acceptors (Lipinski definition) is 1. The molecule has 0 bridgehead atoms. The minimum Gasteiger partial charge on any atom is -0.373 e. The third kappa shape index (κ3) is 0.553. The third-order valence-corrected chi connectivity index (χ3v) is 12.4. The normalized spacial score (nSPS) is 88.0. The molecule has 116 valence electrons. The molecule has 0 aromatic carbocycles. The number of rotatable bonds is 0. The predicted molar refractivity (Wildman–Crippen MR) is 80.7 cm³/mol. The molecule has 7 aliphatic carbocycles. The maximum Gasteiger partial charge on any atom is 0.0856 e. The zero-order chi connectivity index (χ0) is 13.8. The molecule has 2 spiro atoms. The molecule has 8 aliphatic rings. The minimum absolute atomic E-state index is 0.413. The van der Waals surface area contributed by atoms with Gasteiger partial charge in [0, 0.05) is 10.8 Å². The van der Waals surface area contributed by atoms with Gasteiger partial charge in [-0.25, -0.2) is 0 Å². The fourth-order valence-electron chi connectivity index (χ4n) is 13.5. The van der Waals surface area contributed by atoms with Gasteiger partial charge in [0.25, 0.3) is 0 Å². The highest BCUT2D eigenvalue weighted by molar-refractivity contribution is 5.49. The van der Waals surface area contributed by atoms with E-state index in [1.165, 1.54) is 18.4 Å². The maximum absolute atomic E-state index is 6.86. The maximum atomic E-state index is 6.86. The van der Waals surface area contributed by atoms with Crippen LogP contribution in [0, 0.1) is 75.9 Å². The van der Waals surface area contributed by atoms with Gasteiger partial charge in [-0.3, -0.25) is 0 Å². The molecular formula is C21H26O. The molecule has 0 amide bonds. The van der Waals surface area contributed by atoms with Crippen LogP contribution in [0.5, 0.6) is 0 Å². The Hall–Kier alpha value is -0.0400. The van der Waals surface area contributed by atoms with E-state index < -0.39 is 0 Å². The van der Waals surface area contributed by atoms with Crippen molar-refractivity contribution in [1.29, 1.82) is 0 Å². The van der Waals surface area contributed by atoms with E-state index in [1.807, 2.05) is 0 Å². The molecule has 14 atom stereocenters. The van der Waals surface area contributed by atoms with Crippen LogP contribution in [0.2, 0.25) is 0 Å². The molecule has 1 aliphatic heterocycles. The zero-order valence-corrected chi connectivity index (χ0v) is 13.5. The second kappa shape index (κ2) is 2.49. The van der Waals surface area contributed by atoms with Crippen molar-refractivity contribution in [3.63, 3.8) is 0 Å². The smallest absolute Gasteiger partial charge is 0.0856 e. The van der Waals surface area contributed by atoms with Crippen molar-refractivity contribution in [1.82, 2.24) is 0 Å². The highest BCUT2D eigenvalue weighted by Gasteiger charge is 3.02. The van der Waals surface area contributed by atoms with Crippen molar-refractivity contribution >= 4 is 0 Å². The molecule has 1 nitrogen and oxygen atoms in total. The summed E-state index contributed by atoms with van der Waals surface area (Å²) in [4.78, 5) is 0. The Balaban J connectivity index is 1.48. The molecule has 1 heterocycles. The van der Waals surface area contributed by atoms with Gasteiger partial charge in [-0.05, 0) is 90.8 Å². The van der Waals surface area contributed by atoms with E-state index in [0.717, 1.165) is 53.3 Å². The quantitative estimate of drug-likeness (QED) is 0.663. The molecule has 1 saturated heterocycles. The molecular weight excluding hydrogens is 268 g/mol. The summed E-state index contributed by atoms with van der Waals surface area (Å²) in [5, 5.41) is 0. The van der Waals surface area contributed by atoms with Crippen LogP contribution in [0.3, 0.4) is 0 Å². The second-order valence-electron chi connectivity index (χ2n) is 11.3. The van der Waals surface area contributed by atoms with Crippen LogP contribution in [-0.4, -0.2) is 12.2 Å². The number of fused-ring (bicyclic) bond motifs is 10. The van der Waals surface area contributed by atoms with Gasteiger partial charge in [0.05, 0.1) is 12.2 Å². The van der Waals surface area contributed by atoms with Crippen molar-refractivity contribution in [3.8, 4) is 0 Å². The first-order valence-electron chi connectivity index (χ1n) is 10.4. The van der Waals surface area contributed by atoms with Gasteiger partial charge in [0.15, 0.2) is 0 Å². The Labute approximate surface area is 132 Å². The van der Waals surface area contributed by atoms with Crippen molar-refractivity contribution in [2.75, 3.05) is 6.61 Å². The summed E-state index contributed by atoms with van der Waals surface area (Å²) >= 11 is 0. The van der Waals surface area contributed by atoms with E-state index in [0.29, 0.717) is 16.4 Å². The fourth-order valence-corrected chi connectivity index (χ4v) is 13.5. The molecule has 0 N–H and O–H groups in total. The van der Waals surface area contributed by atoms with Crippen LogP contribution >= 0.6 is 0 Å². The Morgan fingerprint density at radius 2 is 1.55 bits per heavy atom. The summed E-state index contributed by atoms with van der Waals surface area (Å²) < 4.78 is 6.86. The largest absolute Gasteiger partial charge is 0.373 e. The lowest BCUT2D eigenvalue weighted by Gasteiger charge is -2.73. The standard InChI is InChI=1S/C21H26O/c1-19-15-8-3-2-4-9(8)16-13(15)14-17-10-5-6-11(12(10)18(14)19)21(19)20(16,17)7-22-21/h8-18H,2-7H2,1H3/t8-,9+,10-,11-,12-,13-,14+,15+,16-,17+,18+,19+,20+,21+/m1/s1. The van der Waals surface area contributed by atoms with E-state index in [9.17, 15) is 0 Å². The van der Waals surface area contributed by atoms with Gasteiger partial charge < -0.3 is 4.74 Å². The SMILES string of the molecule is C[C@@]12[C@@H]3[C@H]4[C@@H]5[C@@H]1[C@@H]1CCC[C@@H]1[C@H]5[C@]15CO[C@@]21[C@@H]1CC[C@H]([C@@H]31)[C@@H]45. The number of ether oxygens (including phenoxy) is 1. The van der Waals surface area contributed by atoms with E-state index >= 15 is 0 Å².